The van der Waals surface area contributed by atoms with E-state index in [0.29, 0.717) is 12.3 Å². The third kappa shape index (κ3) is 2.37. The number of hydrogen-bond donors (Lipinski definition) is 2. The fraction of sp³-hybridized carbons (Fsp3) is 0.667. The molecule has 9 atom stereocenters. The van der Waals surface area contributed by atoms with Gasteiger partial charge in [0.1, 0.15) is 11.4 Å². The van der Waals surface area contributed by atoms with Gasteiger partial charge in [-0.25, -0.2) is 0 Å². The van der Waals surface area contributed by atoms with E-state index in [0.717, 1.165) is 37.9 Å². The first-order valence-electron chi connectivity index (χ1n) is 12.2. The van der Waals surface area contributed by atoms with Gasteiger partial charge in [-0.2, -0.15) is 0 Å². The van der Waals surface area contributed by atoms with Crippen LogP contribution in [0.15, 0.2) is 42.0 Å². The fourth-order valence-corrected chi connectivity index (χ4v) is 8.67. The SMILES string of the molecule is CC1(Oc2ccccc2)O[C@@]12CC[C@H]1[C@@H]3CCC4=CC(=O)CC[C@]4(C)[C@H]3[C@@H](O)C(O)[C@@]12C. The summed E-state index contributed by atoms with van der Waals surface area (Å²) < 4.78 is 12.8. The highest BCUT2D eigenvalue weighted by Crippen LogP contribution is 2.75. The van der Waals surface area contributed by atoms with Crippen LogP contribution in [0, 0.1) is 28.6 Å². The Morgan fingerprint density at radius 2 is 1.78 bits per heavy atom. The lowest BCUT2D eigenvalue weighted by atomic mass is 9.45. The summed E-state index contributed by atoms with van der Waals surface area (Å²) in [6.07, 6.45) is 5.03. The smallest absolute Gasteiger partial charge is 0.238 e. The summed E-state index contributed by atoms with van der Waals surface area (Å²) >= 11 is 0. The second-order valence-electron chi connectivity index (χ2n) is 11.4. The molecule has 5 aliphatic rings. The van der Waals surface area contributed by atoms with Gasteiger partial charge in [0, 0.05) is 18.8 Å². The zero-order valence-corrected chi connectivity index (χ0v) is 19.2. The lowest BCUT2D eigenvalue weighted by Gasteiger charge is -2.61. The number of carbonyl (C=O) groups is 1. The van der Waals surface area contributed by atoms with Crippen molar-refractivity contribution in [3.8, 4) is 5.75 Å². The van der Waals surface area contributed by atoms with E-state index in [1.165, 1.54) is 5.57 Å². The van der Waals surface area contributed by atoms with Crippen LogP contribution < -0.4 is 4.74 Å². The highest BCUT2D eigenvalue weighted by Gasteiger charge is 2.85. The van der Waals surface area contributed by atoms with Gasteiger partial charge in [0.2, 0.25) is 5.79 Å². The van der Waals surface area contributed by atoms with Crippen LogP contribution in [-0.2, 0) is 9.53 Å². The lowest BCUT2D eigenvalue weighted by Crippen LogP contribution is -2.66. The minimum absolute atomic E-state index is 0.0288. The van der Waals surface area contributed by atoms with Gasteiger partial charge < -0.3 is 19.7 Å². The van der Waals surface area contributed by atoms with Gasteiger partial charge in [-0.3, -0.25) is 4.79 Å². The molecule has 2 unspecified atom stereocenters. The monoisotopic (exact) mass is 438 g/mol. The van der Waals surface area contributed by atoms with Gasteiger partial charge in [0.25, 0.3) is 0 Å². The molecule has 172 valence electrons. The quantitative estimate of drug-likeness (QED) is 0.682. The van der Waals surface area contributed by atoms with Crippen molar-refractivity contribution in [2.24, 2.45) is 28.6 Å². The Morgan fingerprint density at radius 1 is 1.03 bits per heavy atom. The van der Waals surface area contributed by atoms with Crippen molar-refractivity contribution in [2.45, 2.75) is 82.9 Å². The zero-order valence-electron chi connectivity index (χ0n) is 19.2. The van der Waals surface area contributed by atoms with Crippen LogP contribution in [-0.4, -0.2) is 39.6 Å². The van der Waals surface area contributed by atoms with E-state index in [-0.39, 0.29) is 23.0 Å². The van der Waals surface area contributed by atoms with E-state index < -0.39 is 29.0 Å². The third-order valence-electron chi connectivity index (χ3n) is 10.3. The summed E-state index contributed by atoms with van der Waals surface area (Å²) in [5.41, 5.74) is -0.231. The predicted molar refractivity (Wildman–Crippen MR) is 119 cm³/mol. The third-order valence-corrected chi connectivity index (χ3v) is 10.3. The van der Waals surface area contributed by atoms with E-state index in [1.54, 1.807) is 0 Å². The van der Waals surface area contributed by atoms with Crippen LogP contribution in [0.1, 0.15) is 59.3 Å². The number of para-hydroxylation sites is 1. The average Bonchev–Trinajstić information content (AvgIpc) is 3.24. The first kappa shape index (κ1) is 20.9. The molecule has 0 amide bonds. The van der Waals surface area contributed by atoms with E-state index in [2.05, 4.69) is 13.8 Å². The van der Waals surface area contributed by atoms with Gasteiger partial charge in [-0.1, -0.05) is 37.6 Å². The molecule has 6 rings (SSSR count). The Kier molecular flexibility index (Phi) is 4.21. The average molecular weight is 439 g/mol. The van der Waals surface area contributed by atoms with Crippen LogP contribution in [0.3, 0.4) is 0 Å². The van der Waals surface area contributed by atoms with Crippen molar-refractivity contribution in [2.75, 3.05) is 0 Å². The van der Waals surface area contributed by atoms with Crippen molar-refractivity contribution < 1.29 is 24.5 Å². The van der Waals surface area contributed by atoms with E-state index in [1.807, 2.05) is 43.3 Å². The Balaban J connectivity index is 1.36. The van der Waals surface area contributed by atoms with E-state index in [9.17, 15) is 15.0 Å². The molecule has 32 heavy (non-hydrogen) atoms. The molecule has 0 radical (unpaired) electrons. The van der Waals surface area contributed by atoms with E-state index >= 15 is 0 Å². The Morgan fingerprint density at radius 3 is 2.53 bits per heavy atom. The number of epoxide rings is 1. The minimum atomic E-state index is -0.897. The molecule has 1 saturated heterocycles. The number of allylic oxidation sites excluding steroid dienone is 1. The molecule has 4 fully saturated rings. The molecular formula is C27H34O5. The number of ketones is 1. The molecule has 1 aliphatic heterocycles. The highest BCUT2D eigenvalue weighted by atomic mass is 16.8. The molecule has 1 aromatic rings. The van der Waals surface area contributed by atoms with Crippen molar-refractivity contribution in [3.63, 3.8) is 0 Å². The van der Waals surface area contributed by atoms with Crippen LogP contribution in [0.25, 0.3) is 0 Å². The number of aliphatic hydroxyl groups excluding tert-OH is 2. The molecule has 1 spiro atoms. The van der Waals surface area contributed by atoms with Crippen LogP contribution in [0.4, 0.5) is 0 Å². The van der Waals surface area contributed by atoms with Crippen molar-refractivity contribution >= 4 is 5.78 Å². The molecule has 5 nitrogen and oxygen atoms in total. The topological polar surface area (TPSA) is 79.3 Å². The molecule has 5 heteroatoms. The highest BCUT2D eigenvalue weighted by molar-refractivity contribution is 5.91. The van der Waals surface area contributed by atoms with Crippen LogP contribution in [0.2, 0.25) is 0 Å². The molecule has 3 saturated carbocycles. The number of ether oxygens (including phenoxy) is 2. The van der Waals surface area contributed by atoms with Crippen molar-refractivity contribution in [1.29, 1.82) is 0 Å². The minimum Gasteiger partial charge on any atom is -0.459 e. The number of rotatable bonds is 2. The summed E-state index contributed by atoms with van der Waals surface area (Å²) in [4.78, 5) is 12.1. The number of aliphatic hydroxyl groups is 2. The number of hydrogen-bond acceptors (Lipinski definition) is 5. The summed E-state index contributed by atoms with van der Waals surface area (Å²) in [5, 5.41) is 23.3. The normalized spacial score (nSPS) is 51.5. The van der Waals surface area contributed by atoms with Crippen LogP contribution in [0.5, 0.6) is 5.75 Å². The molecule has 0 aromatic heterocycles. The maximum Gasteiger partial charge on any atom is 0.238 e. The summed E-state index contributed by atoms with van der Waals surface area (Å²) in [6, 6.07) is 9.70. The van der Waals surface area contributed by atoms with Gasteiger partial charge in [0.05, 0.1) is 12.2 Å². The molecule has 1 aromatic carbocycles. The van der Waals surface area contributed by atoms with Gasteiger partial charge in [-0.05, 0) is 73.5 Å². The Hall–Kier alpha value is -1.69. The largest absolute Gasteiger partial charge is 0.459 e. The number of benzene rings is 1. The maximum atomic E-state index is 12.1. The number of fused-ring (bicyclic) bond motifs is 6. The Labute approximate surface area is 189 Å². The lowest BCUT2D eigenvalue weighted by molar-refractivity contribution is -0.205. The summed E-state index contributed by atoms with van der Waals surface area (Å²) in [7, 11) is 0. The van der Waals surface area contributed by atoms with E-state index in [4.69, 9.17) is 9.47 Å². The second-order valence-corrected chi connectivity index (χ2v) is 11.4. The molecular weight excluding hydrogens is 404 g/mol. The molecule has 4 aliphatic carbocycles. The fourth-order valence-electron chi connectivity index (χ4n) is 8.67. The standard InChI is InChI=1S/C27H34O5/c1-24-13-11-17(28)15-16(24)9-10-19-20-12-14-27(25(20,2)23(30)22(29)21(19)24)26(3,32-27)31-18-7-5-4-6-8-18/h4-8,15,19-23,29-30H,9-14H2,1-3H3/t19-,20-,21+,22+,23?,24-,25+,26?,27+/m0/s1. The van der Waals surface area contributed by atoms with Crippen LogP contribution >= 0.6 is 0 Å². The van der Waals surface area contributed by atoms with Gasteiger partial charge >= 0.3 is 0 Å². The molecule has 0 bridgehead atoms. The zero-order chi connectivity index (χ0) is 22.5. The van der Waals surface area contributed by atoms with Crippen molar-refractivity contribution in [3.05, 3.63) is 42.0 Å². The maximum absolute atomic E-state index is 12.1. The molecule has 1 heterocycles. The van der Waals surface area contributed by atoms with Gasteiger partial charge in [0.15, 0.2) is 5.78 Å². The summed E-state index contributed by atoms with van der Waals surface area (Å²) in [5.74, 6) is 0.674. The van der Waals surface area contributed by atoms with Gasteiger partial charge in [-0.15, -0.1) is 0 Å². The Bertz CT molecular complexity index is 989. The molecule has 2 N–H and O–H groups in total. The first-order chi connectivity index (χ1) is 15.2. The first-order valence-corrected chi connectivity index (χ1v) is 12.2. The predicted octanol–water partition coefficient (Wildman–Crippen LogP) is 4.02. The number of carbonyl (C=O) groups excluding carboxylic acids is 1. The summed E-state index contributed by atoms with van der Waals surface area (Å²) in [6.45, 7) is 6.31. The van der Waals surface area contributed by atoms with Crippen molar-refractivity contribution in [1.82, 2.24) is 0 Å². The second kappa shape index (κ2) is 6.46.